The Morgan fingerprint density at radius 2 is 2.11 bits per heavy atom. The predicted octanol–water partition coefficient (Wildman–Crippen LogP) is 1.44. The van der Waals surface area contributed by atoms with Crippen molar-refractivity contribution in [2.45, 2.75) is 12.8 Å². The summed E-state index contributed by atoms with van der Waals surface area (Å²) >= 11 is 0. The standard InChI is InChI=1S/C14H19N3O/c1-15-7-4-8-16-14(18)9-11-10-17-13-6-3-2-5-12(11)13/h2-3,5-6,10,15,17H,4,7-9H2,1H3,(H,16,18). The molecule has 1 aromatic carbocycles. The second kappa shape index (κ2) is 6.21. The first kappa shape index (κ1) is 12.6. The zero-order valence-corrected chi connectivity index (χ0v) is 10.6. The van der Waals surface area contributed by atoms with Crippen molar-refractivity contribution in [3.63, 3.8) is 0 Å². The van der Waals surface area contributed by atoms with Crippen LogP contribution in [0.2, 0.25) is 0 Å². The molecule has 2 aromatic rings. The molecule has 0 aliphatic carbocycles. The molecule has 3 N–H and O–H groups in total. The molecule has 0 fully saturated rings. The number of para-hydroxylation sites is 1. The van der Waals surface area contributed by atoms with Gasteiger partial charge in [0.1, 0.15) is 0 Å². The average molecular weight is 245 g/mol. The van der Waals surface area contributed by atoms with E-state index in [1.807, 2.05) is 37.5 Å². The molecule has 0 saturated heterocycles. The third-order valence-corrected chi connectivity index (χ3v) is 2.95. The third-order valence-electron chi connectivity index (χ3n) is 2.95. The van der Waals surface area contributed by atoms with E-state index < -0.39 is 0 Å². The fourth-order valence-corrected chi connectivity index (χ4v) is 2.01. The summed E-state index contributed by atoms with van der Waals surface area (Å²) < 4.78 is 0. The van der Waals surface area contributed by atoms with Crippen LogP contribution >= 0.6 is 0 Å². The quantitative estimate of drug-likeness (QED) is 0.674. The molecule has 0 radical (unpaired) electrons. The molecule has 0 unspecified atom stereocenters. The average Bonchev–Trinajstić information content (AvgIpc) is 2.78. The number of carbonyl (C=O) groups excluding carboxylic acids is 1. The van der Waals surface area contributed by atoms with Gasteiger partial charge in [0, 0.05) is 23.6 Å². The third kappa shape index (κ3) is 3.11. The fraction of sp³-hybridized carbons (Fsp3) is 0.357. The maximum absolute atomic E-state index is 11.8. The van der Waals surface area contributed by atoms with Gasteiger partial charge in [-0.3, -0.25) is 4.79 Å². The molecule has 0 aliphatic heterocycles. The molecule has 4 heteroatoms. The summed E-state index contributed by atoms with van der Waals surface area (Å²) in [7, 11) is 1.91. The van der Waals surface area contributed by atoms with Gasteiger partial charge in [-0.05, 0) is 31.6 Å². The van der Waals surface area contributed by atoms with E-state index in [0.29, 0.717) is 6.42 Å². The zero-order chi connectivity index (χ0) is 12.8. The number of hydrogen-bond donors (Lipinski definition) is 3. The number of H-pyrrole nitrogens is 1. The SMILES string of the molecule is CNCCCNC(=O)Cc1c[nH]c2ccccc12. The van der Waals surface area contributed by atoms with Gasteiger partial charge in [-0.1, -0.05) is 18.2 Å². The summed E-state index contributed by atoms with van der Waals surface area (Å²) in [6.07, 6.45) is 3.30. The van der Waals surface area contributed by atoms with Gasteiger partial charge in [-0.15, -0.1) is 0 Å². The zero-order valence-electron chi connectivity index (χ0n) is 10.6. The Morgan fingerprint density at radius 3 is 2.94 bits per heavy atom. The second-order valence-corrected chi connectivity index (χ2v) is 4.34. The molecule has 0 atom stereocenters. The number of carbonyl (C=O) groups is 1. The van der Waals surface area contributed by atoms with Gasteiger partial charge in [-0.2, -0.15) is 0 Å². The van der Waals surface area contributed by atoms with Crippen LogP contribution in [-0.4, -0.2) is 31.0 Å². The Morgan fingerprint density at radius 1 is 1.28 bits per heavy atom. The van der Waals surface area contributed by atoms with E-state index in [1.54, 1.807) is 0 Å². The van der Waals surface area contributed by atoms with Gasteiger partial charge >= 0.3 is 0 Å². The first-order valence-corrected chi connectivity index (χ1v) is 6.27. The lowest BCUT2D eigenvalue weighted by Crippen LogP contribution is -2.27. The highest BCUT2D eigenvalue weighted by Gasteiger charge is 2.07. The molecular formula is C14H19N3O. The number of rotatable bonds is 6. The first-order chi connectivity index (χ1) is 8.81. The van der Waals surface area contributed by atoms with Crippen LogP contribution in [0.25, 0.3) is 10.9 Å². The number of benzene rings is 1. The summed E-state index contributed by atoms with van der Waals surface area (Å²) in [6, 6.07) is 8.03. The lowest BCUT2D eigenvalue weighted by atomic mass is 10.1. The Kier molecular flexibility index (Phi) is 4.36. The molecule has 1 heterocycles. The molecule has 1 amide bonds. The molecule has 18 heavy (non-hydrogen) atoms. The van der Waals surface area contributed by atoms with Crippen molar-refractivity contribution < 1.29 is 4.79 Å². The van der Waals surface area contributed by atoms with E-state index in [1.165, 1.54) is 0 Å². The fourth-order valence-electron chi connectivity index (χ4n) is 2.01. The smallest absolute Gasteiger partial charge is 0.224 e. The van der Waals surface area contributed by atoms with E-state index >= 15 is 0 Å². The number of nitrogens with one attached hydrogen (secondary N) is 3. The Labute approximate surface area is 107 Å². The summed E-state index contributed by atoms with van der Waals surface area (Å²) in [5.74, 6) is 0.0795. The first-order valence-electron chi connectivity index (χ1n) is 6.27. The monoisotopic (exact) mass is 245 g/mol. The molecule has 0 spiro atoms. The van der Waals surface area contributed by atoms with Gasteiger partial charge in [-0.25, -0.2) is 0 Å². The topological polar surface area (TPSA) is 56.9 Å². The Balaban J connectivity index is 1.91. The molecular weight excluding hydrogens is 226 g/mol. The van der Waals surface area contributed by atoms with Crippen molar-refractivity contribution in [1.29, 1.82) is 0 Å². The highest BCUT2D eigenvalue weighted by Crippen LogP contribution is 2.17. The lowest BCUT2D eigenvalue weighted by molar-refractivity contribution is -0.120. The van der Waals surface area contributed by atoms with E-state index in [-0.39, 0.29) is 5.91 Å². The van der Waals surface area contributed by atoms with Gasteiger partial charge < -0.3 is 15.6 Å². The number of amides is 1. The second-order valence-electron chi connectivity index (χ2n) is 4.34. The van der Waals surface area contributed by atoms with Crippen molar-refractivity contribution in [2.75, 3.05) is 20.1 Å². The molecule has 2 rings (SSSR count). The van der Waals surface area contributed by atoms with Crippen molar-refractivity contribution in [3.05, 3.63) is 36.0 Å². The summed E-state index contributed by atoms with van der Waals surface area (Å²) in [6.45, 7) is 1.65. The maximum Gasteiger partial charge on any atom is 0.224 e. The molecule has 96 valence electrons. The minimum absolute atomic E-state index is 0.0795. The van der Waals surface area contributed by atoms with Gasteiger partial charge in [0.25, 0.3) is 0 Å². The van der Waals surface area contributed by atoms with Crippen LogP contribution in [0.4, 0.5) is 0 Å². The van der Waals surface area contributed by atoms with Gasteiger partial charge in [0.2, 0.25) is 5.91 Å². The summed E-state index contributed by atoms with van der Waals surface area (Å²) in [4.78, 5) is 15.0. The van der Waals surface area contributed by atoms with Crippen molar-refractivity contribution in [1.82, 2.24) is 15.6 Å². The maximum atomic E-state index is 11.8. The molecule has 0 saturated carbocycles. The number of hydrogen-bond acceptors (Lipinski definition) is 2. The van der Waals surface area contributed by atoms with Gasteiger partial charge in [0.05, 0.1) is 6.42 Å². The van der Waals surface area contributed by atoms with Crippen LogP contribution in [0.15, 0.2) is 30.5 Å². The van der Waals surface area contributed by atoms with Gasteiger partial charge in [0.15, 0.2) is 0 Å². The normalized spacial score (nSPS) is 10.7. The largest absolute Gasteiger partial charge is 0.361 e. The molecule has 1 aromatic heterocycles. The highest BCUT2D eigenvalue weighted by atomic mass is 16.1. The van der Waals surface area contributed by atoms with E-state index in [2.05, 4.69) is 15.6 Å². The van der Waals surface area contributed by atoms with Crippen LogP contribution < -0.4 is 10.6 Å². The minimum atomic E-state index is 0.0795. The summed E-state index contributed by atoms with van der Waals surface area (Å²) in [5.41, 5.74) is 2.13. The summed E-state index contributed by atoms with van der Waals surface area (Å²) in [5, 5.41) is 7.11. The van der Waals surface area contributed by atoms with E-state index in [0.717, 1.165) is 36.0 Å². The van der Waals surface area contributed by atoms with E-state index in [4.69, 9.17) is 0 Å². The van der Waals surface area contributed by atoms with Crippen LogP contribution in [0.5, 0.6) is 0 Å². The van der Waals surface area contributed by atoms with E-state index in [9.17, 15) is 4.79 Å². The Bertz CT molecular complexity index is 518. The number of fused-ring (bicyclic) bond motifs is 1. The number of aromatic amines is 1. The van der Waals surface area contributed by atoms with Crippen molar-refractivity contribution in [3.8, 4) is 0 Å². The van der Waals surface area contributed by atoms with Crippen LogP contribution in [0.3, 0.4) is 0 Å². The molecule has 0 aliphatic rings. The minimum Gasteiger partial charge on any atom is -0.361 e. The lowest BCUT2D eigenvalue weighted by Gasteiger charge is -2.04. The van der Waals surface area contributed by atoms with Crippen LogP contribution in [0.1, 0.15) is 12.0 Å². The Hall–Kier alpha value is -1.81. The molecule has 4 nitrogen and oxygen atoms in total. The predicted molar refractivity (Wildman–Crippen MR) is 73.6 cm³/mol. The van der Waals surface area contributed by atoms with Crippen LogP contribution in [-0.2, 0) is 11.2 Å². The highest BCUT2D eigenvalue weighted by molar-refractivity contribution is 5.88. The van der Waals surface area contributed by atoms with Crippen molar-refractivity contribution in [2.24, 2.45) is 0 Å². The molecule has 0 bridgehead atoms. The van der Waals surface area contributed by atoms with Crippen molar-refractivity contribution >= 4 is 16.8 Å². The van der Waals surface area contributed by atoms with Crippen LogP contribution in [0, 0.1) is 0 Å². The number of aromatic nitrogens is 1.